The standard InChI is InChI=1S/C5H5N3O4/c6-4(10)12-8-2-1-3(9)7-5(8)11/h1-2H,(H2,6,10)(H,7,9,11). The number of amides is 1. The Kier molecular flexibility index (Phi) is 1.95. The topological polar surface area (TPSA) is 107 Å². The van der Waals surface area contributed by atoms with Crippen molar-refractivity contribution >= 4 is 6.09 Å². The van der Waals surface area contributed by atoms with Gasteiger partial charge in [-0.3, -0.25) is 9.78 Å². The summed E-state index contributed by atoms with van der Waals surface area (Å²) in [6, 6.07) is 1.02. The molecule has 1 aromatic heterocycles. The summed E-state index contributed by atoms with van der Waals surface area (Å²) in [4.78, 5) is 37.4. The fourth-order valence-corrected chi connectivity index (χ4v) is 0.574. The van der Waals surface area contributed by atoms with E-state index in [0.717, 1.165) is 12.3 Å². The van der Waals surface area contributed by atoms with E-state index in [0.29, 0.717) is 4.73 Å². The van der Waals surface area contributed by atoms with Crippen molar-refractivity contribution in [2.75, 3.05) is 0 Å². The van der Waals surface area contributed by atoms with Gasteiger partial charge in [0, 0.05) is 6.07 Å². The van der Waals surface area contributed by atoms with Crippen molar-refractivity contribution in [3.63, 3.8) is 0 Å². The normalized spacial score (nSPS) is 9.33. The third-order valence-corrected chi connectivity index (χ3v) is 0.980. The predicted octanol–water partition coefficient (Wildman–Crippen LogP) is -1.96. The molecule has 0 aromatic carbocycles. The maximum absolute atomic E-state index is 10.8. The second-order valence-corrected chi connectivity index (χ2v) is 1.85. The molecule has 12 heavy (non-hydrogen) atoms. The first-order valence-electron chi connectivity index (χ1n) is 2.89. The first kappa shape index (κ1) is 8.05. The molecule has 0 aliphatic carbocycles. The van der Waals surface area contributed by atoms with E-state index in [1.165, 1.54) is 0 Å². The number of aromatic nitrogens is 2. The van der Waals surface area contributed by atoms with Gasteiger partial charge >= 0.3 is 11.8 Å². The van der Waals surface area contributed by atoms with E-state index >= 15 is 0 Å². The second kappa shape index (κ2) is 2.91. The van der Waals surface area contributed by atoms with Gasteiger partial charge in [-0.15, -0.1) is 4.73 Å². The molecule has 1 rings (SSSR count). The third-order valence-electron chi connectivity index (χ3n) is 0.980. The van der Waals surface area contributed by atoms with Crippen molar-refractivity contribution < 1.29 is 9.63 Å². The van der Waals surface area contributed by atoms with Crippen LogP contribution in [0.15, 0.2) is 21.9 Å². The van der Waals surface area contributed by atoms with Crippen LogP contribution in [-0.2, 0) is 0 Å². The number of carbonyl (C=O) groups is 1. The van der Waals surface area contributed by atoms with Crippen LogP contribution in [0.25, 0.3) is 0 Å². The highest BCUT2D eigenvalue weighted by Gasteiger charge is 1.99. The van der Waals surface area contributed by atoms with Crippen LogP contribution < -0.4 is 21.8 Å². The molecule has 3 N–H and O–H groups in total. The number of carbonyl (C=O) groups excluding carboxylic acids is 1. The van der Waals surface area contributed by atoms with Crippen LogP contribution >= 0.6 is 0 Å². The van der Waals surface area contributed by atoms with Gasteiger partial charge in [-0.05, 0) is 0 Å². The summed E-state index contributed by atoms with van der Waals surface area (Å²) in [5.41, 5.74) is 3.18. The molecule has 7 nitrogen and oxygen atoms in total. The molecule has 0 unspecified atom stereocenters. The summed E-state index contributed by atoms with van der Waals surface area (Å²) < 4.78 is 0.518. The van der Waals surface area contributed by atoms with Gasteiger partial charge in [0.15, 0.2) is 0 Å². The summed E-state index contributed by atoms with van der Waals surface area (Å²) in [7, 11) is 0. The Labute approximate surface area is 65.3 Å². The largest absolute Gasteiger partial charge is 0.429 e. The van der Waals surface area contributed by atoms with Gasteiger partial charge < -0.3 is 10.6 Å². The van der Waals surface area contributed by atoms with E-state index in [1.54, 1.807) is 0 Å². The van der Waals surface area contributed by atoms with Crippen LogP contribution in [-0.4, -0.2) is 15.8 Å². The number of aromatic amines is 1. The van der Waals surface area contributed by atoms with Crippen LogP contribution in [0.4, 0.5) is 4.79 Å². The number of nitrogens with one attached hydrogen (secondary N) is 1. The Balaban J connectivity index is 3.10. The highest BCUT2D eigenvalue weighted by atomic mass is 16.7. The fraction of sp³-hybridized carbons (Fsp3) is 0. The van der Waals surface area contributed by atoms with Gasteiger partial charge in [-0.1, -0.05) is 0 Å². The number of nitrogens with zero attached hydrogens (tertiary/aromatic N) is 1. The van der Waals surface area contributed by atoms with Crippen LogP contribution in [0.3, 0.4) is 0 Å². The van der Waals surface area contributed by atoms with Gasteiger partial charge in [0.05, 0.1) is 6.20 Å². The molecule has 7 heteroatoms. The maximum atomic E-state index is 10.8. The van der Waals surface area contributed by atoms with Crippen molar-refractivity contribution in [1.82, 2.24) is 9.71 Å². The minimum atomic E-state index is -1.14. The molecule has 64 valence electrons. The first-order chi connectivity index (χ1) is 5.59. The monoisotopic (exact) mass is 171 g/mol. The molecular weight excluding hydrogens is 166 g/mol. The molecule has 1 amide bonds. The van der Waals surface area contributed by atoms with Crippen LogP contribution in [0.5, 0.6) is 0 Å². The van der Waals surface area contributed by atoms with Gasteiger partial charge in [0.2, 0.25) is 0 Å². The lowest BCUT2D eigenvalue weighted by atomic mass is 10.7. The second-order valence-electron chi connectivity index (χ2n) is 1.85. The lowest BCUT2D eigenvalue weighted by Crippen LogP contribution is -2.37. The summed E-state index contributed by atoms with van der Waals surface area (Å²) in [5, 5.41) is 0. The number of rotatable bonds is 1. The molecule has 0 saturated carbocycles. The highest BCUT2D eigenvalue weighted by Crippen LogP contribution is 1.68. The van der Waals surface area contributed by atoms with E-state index in [1.807, 2.05) is 4.98 Å². The van der Waals surface area contributed by atoms with Crippen molar-refractivity contribution in [2.45, 2.75) is 0 Å². The highest BCUT2D eigenvalue weighted by molar-refractivity contribution is 5.64. The zero-order valence-electron chi connectivity index (χ0n) is 5.81. The van der Waals surface area contributed by atoms with Crippen LogP contribution in [0.2, 0.25) is 0 Å². The number of H-pyrrole nitrogens is 1. The summed E-state index contributed by atoms with van der Waals surface area (Å²) in [6.45, 7) is 0. The minimum absolute atomic E-state index is 0.518. The number of nitrogens with two attached hydrogens (primary N) is 1. The molecular formula is C5H5N3O4. The van der Waals surface area contributed by atoms with Gasteiger partial charge in [0.25, 0.3) is 5.56 Å². The fourth-order valence-electron chi connectivity index (χ4n) is 0.574. The average molecular weight is 171 g/mol. The summed E-state index contributed by atoms with van der Waals surface area (Å²) >= 11 is 0. The smallest absolute Gasteiger partial charge is 0.333 e. The predicted molar refractivity (Wildman–Crippen MR) is 37.5 cm³/mol. The number of primary amides is 1. The zero-order valence-corrected chi connectivity index (χ0v) is 5.81. The molecule has 1 heterocycles. The van der Waals surface area contributed by atoms with Gasteiger partial charge in [-0.2, -0.15) is 0 Å². The van der Waals surface area contributed by atoms with Gasteiger partial charge in [0.1, 0.15) is 0 Å². The third kappa shape index (κ3) is 1.72. The van der Waals surface area contributed by atoms with Crippen molar-refractivity contribution in [2.24, 2.45) is 5.73 Å². The van der Waals surface area contributed by atoms with E-state index in [2.05, 4.69) is 10.6 Å². The average Bonchev–Trinajstić information content (AvgIpc) is 1.94. The molecule has 0 aliphatic heterocycles. The Morgan fingerprint density at radius 2 is 2.25 bits per heavy atom. The van der Waals surface area contributed by atoms with E-state index in [9.17, 15) is 14.4 Å². The van der Waals surface area contributed by atoms with Crippen LogP contribution in [0, 0.1) is 0 Å². The summed E-state index contributed by atoms with van der Waals surface area (Å²) in [6.07, 6.45) is -0.143. The summed E-state index contributed by atoms with van der Waals surface area (Å²) in [5.74, 6) is 0. The Hall–Kier alpha value is -2.05. The van der Waals surface area contributed by atoms with Crippen molar-refractivity contribution in [1.29, 1.82) is 0 Å². The lowest BCUT2D eigenvalue weighted by molar-refractivity contribution is 0.135. The van der Waals surface area contributed by atoms with E-state index in [-0.39, 0.29) is 0 Å². The number of hydrogen-bond donors (Lipinski definition) is 2. The molecule has 0 bridgehead atoms. The van der Waals surface area contributed by atoms with Crippen molar-refractivity contribution in [3.8, 4) is 0 Å². The molecule has 1 aromatic rings. The Bertz CT molecular complexity index is 404. The van der Waals surface area contributed by atoms with Crippen molar-refractivity contribution in [3.05, 3.63) is 33.1 Å². The van der Waals surface area contributed by atoms with E-state index < -0.39 is 17.3 Å². The van der Waals surface area contributed by atoms with Crippen LogP contribution in [0.1, 0.15) is 0 Å². The molecule has 0 saturated heterocycles. The lowest BCUT2D eigenvalue weighted by Gasteiger charge is -1.99. The molecule has 0 fully saturated rings. The minimum Gasteiger partial charge on any atom is -0.333 e. The molecule has 0 radical (unpaired) electrons. The maximum Gasteiger partial charge on any atom is 0.429 e. The first-order valence-corrected chi connectivity index (χ1v) is 2.89. The zero-order chi connectivity index (χ0) is 9.14. The quantitative estimate of drug-likeness (QED) is 0.511. The molecule has 0 atom stereocenters. The Morgan fingerprint density at radius 1 is 1.58 bits per heavy atom. The molecule has 0 spiro atoms. The Morgan fingerprint density at radius 3 is 2.75 bits per heavy atom. The molecule has 0 aliphatic rings. The number of hydrogen-bond acceptors (Lipinski definition) is 4. The SMILES string of the molecule is NC(=O)On1ccc(=O)[nH]c1=O. The van der Waals surface area contributed by atoms with E-state index in [4.69, 9.17) is 0 Å². The van der Waals surface area contributed by atoms with Gasteiger partial charge in [-0.25, -0.2) is 9.59 Å².